The van der Waals surface area contributed by atoms with Crippen LogP contribution in [-0.2, 0) is 4.79 Å². The summed E-state index contributed by atoms with van der Waals surface area (Å²) in [7, 11) is 0. The summed E-state index contributed by atoms with van der Waals surface area (Å²) in [5.41, 5.74) is 1.81. The molecule has 1 atom stereocenters. The first-order chi connectivity index (χ1) is 10.7. The maximum atomic E-state index is 12.3. The summed E-state index contributed by atoms with van der Waals surface area (Å²) in [5.74, 6) is -0.739. The molecule has 5 nitrogen and oxygen atoms in total. The standard InChI is InChI=1S/C15H12N4OS2/c1-10-8-21-14(18-10)12(6-16)13(20)9-22-15-17-7-11-4-2-3-5-19(11)15/h2-5,7-8,12H,9H2,1H3. The Hall–Kier alpha value is -2.17. The third kappa shape index (κ3) is 2.89. The van der Waals surface area contributed by atoms with Crippen molar-refractivity contribution in [2.75, 3.05) is 5.75 Å². The van der Waals surface area contributed by atoms with E-state index in [2.05, 4.69) is 16.0 Å². The van der Waals surface area contributed by atoms with Gasteiger partial charge in [-0.2, -0.15) is 5.26 Å². The van der Waals surface area contributed by atoms with Gasteiger partial charge in [-0.1, -0.05) is 17.8 Å². The number of thioether (sulfide) groups is 1. The number of Topliss-reactive ketones (excluding diaryl/α,β-unsaturated/α-hetero) is 1. The predicted octanol–water partition coefficient (Wildman–Crippen LogP) is 3.07. The molecule has 3 heterocycles. The molecule has 7 heteroatoms. The molecule has 0 aliphatic rings. The average Bonchev–Trinajstić information content (AvgIpc) is 3.12. The Labute approximate surface area is 135 Å². The van der Waals surface area contributed by atoms with Crippen LogP contribution in [0.2, 0.25) is 0 Å². The zero-order valence-corrected chi connectivity index (χ0v) is 13.4. The fourth-order valence-corrected chi connectivity index (χ4v) is 3.75. The third-order valence-electron chi connectivity index (χ3n) is 3.08. The second-order valence-electron chi connectivity index (χ2n) is 4.68. The number of hydrogen-bond donors (Lipinski definition) is 0. The Morgan fingerprint density at radius 3 is 3.14 bits per heavy atom. The van der Waals surface area contributed by atoms with Crippen LogP contribution < -0.4 is 0 Å². The van der Waals surface area contributed by atoms with Gasteiger partial charge in [-0.15, -0.1) is 11.3 Å². The summed E-state index contributed by atoms with van der Waals surface area (Å²) in [6.45, 7) is 1.85. The van der Waals surface area contributed by atoms with Gasteiger partial charge in [0.05, 0.1) is 23.5 Å². The third-order valence-corrected chi connectivity index (χ3v) is 5.10. The van der Waals surface area contributed by atoms with Crippen LogP contribution in [0.1, 0.15) is 16.6 Å². The largest absolute Gasteiger partial charge is 0.297 e. The fourth-order valence-electron chi connectivity index (χ4n) is 2.01. The van der Waals surface area contributed by atoms with E-state index in [1.165, 1.54) is 23.1 Å². The lowest BCUT2D eigenvalue weighted by molar-refractivity contribution is -0.116. The molecule has 0 amide bonds. The number of carbonyl (C=O) groups is 1. The second-order valence-corrected chi connectivity index (χ2v) is 6.51. The Morgan fingerprint density at radius 1 is 1.55 bits per heavy atom. The van der Waals surface area contributed by atoms with Gasteiger partial charge in [0.2, 0.25) is 0 Å². The average molecular weight is 328 g/mol. The van der Waals surface area contributed by atoms with Gasteiger partial charge in [0, 0.05) is 17.3 Å². The van der Waals surface area contributed by atoms with Crippen LogP contribution in [0.5, 0.6) is 0 Å². The van der Waals surface area contributed by atoms with Crippen molar-refractivity contribution < 1.29 is 4.79 Å². The van der Waals surface area contributed by atoms with E-state index in [0.717, 1.165) is 16.4 Å². The highest BCUT2D eigenvalue weighted by Gasteiger charge is 2.23. The molecule has 0 radical (unpaired) electrons. The van der Waals surface area contributed by atoms with Gasteiger partial charge in [-0.05, 0) is 19.1 Å². The molecular formula is C15H12N4OS2. The van der Waals surface area contributed by atoms with Crippen LogP contribution in [0.4, 0.5) is 0 Å². The highest BCUT2D eigenvalue weighted by Crippen LogP contribution is 2.24. The highest BCUT2D eigenvalue weighted by molar-refractivity contribution is 7.99. The molecule has 22 heavy (non-hydrogen) atoms. The van der Waals surface area contributed by atoms with E-state index in [9.17, 15) is 10.1 Å². The van der Waals surface area contributed by atoms with Crippen LogP contribution in [-0.4, -0.2) is 25.9 Å². The molecule has 3 rings (SSSR count). The van der Waals surface area contributed by atoms with Gasteiger partial charge < -0.3 is 0 Å². The zero-order chi connectivity index (χ0) is 15.5. The first kappa shape index (κ1) is 14.8. The lowest BCUT2D eigenvalue weighted by Gasteiger charge is -2.04. The number of fused-ring (bicyclic) bond motifs is 1. The van der Waals surface area contributed by atoms with Crippen LogP contribution >= 0.6 is 23.1 Å². The SMILES string of the molecule is Cc1csc(C(C#N)C(=O)CSc2ncc3ccccn23)n1. The maximum absolute atomic E-state index is 12.3. The number of pyridine rings is 1. The number of nitriles is 1. The van der Waals surface area contributed by atoms with Crippen LogP contribution in [0.3, 0.4) is 0 Å². The number of thiazole rings is 1. The van der Waals surface area contributed by atoms with Gasteiger partial charge in [0.25, 0.3) is 0 Å². The molecule has 1 unspecified atom stereocenters. The number of carbonyl (C=O) groups excluding carboxylic acids is 1. The van der Waals surface area contributed by atoms with E-state index in [-0.39, 0.29) is 11.5 Å². The molecule has 0 fully saturated rings. The van der Waals surface area contributed by atoms with Crippen molar-refractivity contribution in [3.8, 4) is 6.07 Å². The predicted molar refractivity (Wildman–Crippen MR) is 86.1 cm³/mol. The Bertz CT molecular complexity index is 862. The number of imidazole rings is 1. The summed E-state index contributed by atoms with van der Waals surface area (Å²) in [6.07, 6.45) is 3.67. The summed E-state index contributed by atoms with van der Waals surface area (Å²) in [5, 5.41) is 12.4. The lowest BCUT2D eigenvalue weighted by atomic mass is 10.1. The van der Waals surface area contributed by atoms with Gasteiger partial charge >= 0.3 is 0 Å². The first-order valence-electron chi connectivity index (χ1n) is 6.58. The number of aryl methyl sites for hydroxylation is 1. The molecule has 0 aliphatic carbocycles. The fraction of sp³-hybridized carbons (Fsp3) is 0.200. The Morgan fingerprint density at radius 2 is 2.41 bits per heavy atom. The van der Waals surface area contributed by atoms with Gasteiger partial charge in [-0.25, -0.2) is 9.97 Å². The van der Waals surface area contributed by atoms with Crippen molar-refractivity contribution in [1.29, 1.82) is 5.26 Å². The number of nitrogens with zero attached hydrogens (tertiary/aromatic N) is 4. The van der Waals surface area contributed by atoms with E-state index in [4.69, 9.17) is 0 Å². The smallest absolute Gasteiger partial charge is 0.173 e. The Kier molecular flexibility index (Phi) is 4.22. The number of ketones is 1. The minimum atomic E-state index is -0.794. The molecule has 0 aliphatic heterocycles. The quantitative estimate of drug-likeness (QED) is 0.673. The van der Waals surface area contributed by atoms with E-state index < -0.39 is 5.92 Å². The molecular weight excluding hydrogens is 316 g/mol. The van der Waals surface area contributed by atoms with Crippen LogP contribution in [0, 0.1) is 18.3 Å². The summed E-state index contributed by atoms with van der Waals surface area (Å²) in [4.78, 5) is 20.9. The zero-order valence-electron chi connectivity index (χ0n) is 11.8. The molecule has 0 bridgehead atoms. The van der Waals surface area contributed by atoms with Crippen molar-refractivity contribution in [3.05, 3.63) is 46.7 Å². The van der Waals surface area contributed by atoms with Crippen molar-refractivity contribution in [1.82, 2.24) is 14.4 Å². The molecule has 3 aromatic rings. The first-order valence-corrected chi connectivity index (χ1v) is 8.45. The summed E-state index contributed by atoms with van der Waals surface area (Å²) in [6, 6.07) is 7.86. The summed E-state index contributed by atoms with van der Waals surface area (Å²) >= 11 is 2.69. The number of aromatic nitrogens is 3. The monoisotopic (exact) mass is 328 g/mol. The van der Waals surface area contributed by atoms with Crippen LogP contribution in [0.15, 0.2) is 41.1 Å². The summed E-state index contributed by atoms with van der Waals surface area (Å²) < 4.78 is 1.92. The van der Waals surface area contributed by atoms with Gasteiger partial charge in [-0.3, -0.25) is 9.20 Å². The van der Waals surface area contributed by atoms with E-state index >= 15 is 0 Å². The lowest BCUT2D eigenvalue weighted by Crippen LogP contribution is -2.13. The second kappa shape index (κ2) is 6.30. The molecule has 0 spiro atoms. The molecule has 0 N–H and O–H groups in total. The van der Waals surface area contributed by atoms with E-state index in [1.54, 1.807) is 6.20 Å². The van der Waals surface area contributed by atoms with Crippen molar-refractivity contribution in [3.63, 3.8) is 0 Å². The minimum Gasteiger partial charge on any atom is -0.297 e. The molecule has 0 aromatic carbocycles. The number of rotatable bonds is 5. The Balaban J connectivity index is 1.73. The van der Waals surface area contributed by atoms with Gasteiger partial charge in [0.15, 0.2) is 16.9 Å². The normalized spacial score (nSPS) is 12.2. The van der Waals surface area contributed by atoms with Crippen LogP contribution in [0.25, 0.3) is 5.52 Å². The van der Waals surface area contributed by atoms with Gasteiger partial charge in [0.1, 0.15) is 5.01 Å². The van der Waals surface area contributed by atoms with E-state index in [1.807, 2.05) is 41.1 Å². The molecule has 0 saturated heterocycles. The molecule has 110 valence electrons. The molecule has 3 aromatic heterocycles. The van der Waals surface area contributed by atoms with E-state index in [0.29, 0.717) is 5.01 Å². The van der Waals surface area contributed by atoms with Crippen molar-refractivity contribution in [2.24, 2.45) is 0 Å². The van der Waals surface area contributed by atoms with Crippen molar-refractivity contribution >= 4 is 34.4 Å². The van der Waals surface area contributed by atoms with Crippen molar-refractivity contribution in [2.45, 2.75) is 18.0 Å². The maximum Gasteiger partial charge on any atom is 0.173 e. The molecule has 0 saturated carbocycles. The number of hydrogen-bond acceptors (Lipinski definition) is 6. The minimum absolute atomic E-state index is 0.144. The highest BCUT2D eigenvalue weighted by atomic mass is 32.2. The topological polar surface area (TPSA) is 71.0 Å².